The summed E-state index contributed by atoms with van der Waals surface area (Å²) in [6, 6.07) is 13.6. The summed E-state index contributed by atoms with van der Waals surface area (Å²) in [6.07, 6.45) is 0. The molecule has 0 radical (unpaired) electrons. The predicted molar refractivity (Wildman–Crippen MR) is 85.4 cm³/mol. The molecule has 0 saturated heterocycles. The van der Waals surface area contributed by atoms with Crippen LogP contribution in [0.4, 0.5) is 5.69 Å². The molecule has 0 heterocycles. The largest absolute Gasteiger partial charge is 0.495 e. The Morgan fingerprint density at radius 3 is 2.50 bits per heavy atom. The van der Waals surface area contributed by atoms with Crippen LogP contribution in [-0.4, -0.2) is 25.5 Å². The Hall–Kier alpha value is -2.53. The molecule has 2 N–H and O–H groups in total. The summed E-state index contributed by atoms with van der Waals surface area (Å²) in [6.45, 7) is -0.128. The summed E-state index contributed by atoms with van der Waals surface area (Å²) in [5.74, 6) is -0.119. The van der Waals surface area contributed by atoms with Gasteiger partial charge in [0.15, 0.2) is 0 Å². The summed E-state index contributed by atoms with van der Waals surface area (Å²) >= 11 is 5.97. The van der Waals surface area contributed by atoms with Crippen molar-refractivity contribution in [2.45, 2.75) is 0 Å². The van der Waals surface area contributed by atoms with Gasteiger partial charge in [-0.05, 0) is 30.3 Å². The highest BCUT2D eigenvalue weighted by Gasteiger charge is 2.09. The van der Waals surface area contributed by atoms with Gasteiger partial charge in [-0.15, -0.1) is 0 Å². The molecule has 0 aliphatic heterocycles. The maximum absolute atomic E-state index is 11.8. The second-order valence-corrected chi connectivity index (χ2v) is 4.85. The summed E-state index contributed by atoms with van der Waals surface area (Å²) in [7, 11) is 1.51. The Labute approximate surface area is 133 Å². The number of halogens is 1. The fourth-order valence-electron chi connectivity index (χ4n) is 1.80. The monoisotopic (exact) mass is 318 g/mol. The van der Waals surface area contributed by atoms with E-state index in [1.54, 1.807) is 42.5 Å². The van der Waals surface area contributed by atoms with Crippen LogP contribution in [0.15, 0.2) is 48.5 Å². The normalized spacial score (nSPS) is 9.91. The second-order valence-electron chi connectivity index (χ2n) is 4.45. The molecule has 2 aromatic rings. The Morgan fingerprint density at radius 2 is 1.86 bits per heavy atom. The van der Waals surface area contributed by atoms with Crippen molar-refractivity contribution in [2.75, 3.05) is 19.0 Å². The molecule has 2 amide bonds. The van der Waals surface area contributed by atoms with Crippen molar-refractivity contribution < 1.29 is 14.3 Å². The first-order valence-electron chi connectivity index (χ1n) is 6.57. The van der Waals surface area contributed by atoms with Crippen molar-refractivity contribution in [2.24, 2.45) is 0 Å². The first-order chi connectivity index (χ1) is 10.6. The number of benzene rings is 2. The highest BCUT2D eigenvalue weighted by Crippen LogP contribution is 2.27. The van der Waals surface area contributed by atoms with E-state index in [2.05, 4.69) is 10.6 Å². The van der Waals surface area contributed by atoms with Crippen LogP contribution >= 0.6 is 11.6 Å². The van der Waals surface area contributed by atoms with Crippen LogP contribution in [0.5, 0.6) is 5.75 Å². The lowest BCUT2D eigenvalue weighted by Gasteiger charge is -2.09. The van der Waals surface area contributed by atoms with E-state index in [0.717, 1.165) is 0 Å². The van der Waals surface area contributed by atoms with Gasteiger partial charge in [0.1, 0.15) is 5.75 Å². The summed E-state index contributed by atoms with van der Waals surface area (Å²) in [5.41, 5.74) is 1.03. The number of hydrogen-bond donors (Lipinski definition) is 2. The van der Waals surface area contributed by atoms with Crippen LogP contribution in [0.2, 0.25) is 5.02 Å². The molecule has 0 aromatic heterocycles. The molecular weight excluding hydrogens is 304 g/mol. The van der Waals surface area contributed by atoms with Crippen LogP contribution in [-0.2, 0) is 4.79 Å². The number of amides is 2. The quantitative estimate of drug-likeness (QED) is 0.890. The van der Waals surface area contributed by atoms with Gasteiger partial charge in [-0.3, -0.25) is 9.59 Å². The fourth-order valence-corrected chi connectivity index (χ4v) is 2.06. The van der Waals surface area contributed by atoms with E-state index >= 15 is 0 Å². The Balaban J connectivity index is 1.88. The molecule has 22 heavy (non-hydrogen) atoms. The van der Waals surface area contributed by atoms with Gasteiger partial charge in [0, 0.05) is 11.3 Å². The van der Waals surface area contributed by atoms with Gasteiger partial charge in [0.2, 0.25) is 5.91 Å². The summed E-state index contributed by atoms with van der Waals surface area (Å²) in [5, 5.41) is 5.59. The van der Waals surface area contributed by atoms with E-state index in [4.69, 9.17) is 16.3 Å². The van der Waals surface area contributed by atoms with E-state index in [1.165, 1.54) is 7.11 Å². The summed E-state index contributed by atoms with van der Waals surface area (Å²) in [4.78, 5) is 23.6. The van der Waals surface area contributed by atoms with Gasteiger partial charge >= 0.3 is 0 Å². The molecule has 0 bridgehead atoms. The molecule has 6 heteroatoms. The highest BCUT2D eigenvalue weighted by molar-refractivity contribution is 6.32. The molecule has 0 aliphatic carbocycles. The van der Waals surface area contributed by atoms with Crippen LogP contribution in [0, 0.1) is 0 Å². The number of ether oxygens (including phenoxy) is 1. The second kappa shape index (κ2) is 7.47. The van der Waals surface area contributed by atoms with E-state index in [1.807, 2.05) is 6.07 Å². The van der Waals surface area contributed by atoms with Crippen molar-refractivity contribution in [1.29, 1.82) is 0 Å². The average Bonchev–Trinajstić information content (AvgIpc) is 2.53. The summed E-state index contributed by atoms with van der Waals surface area (Å²) < 4.78 is 5.03. The van der Waals surface area contributed by atoms with E-state index < -0.39 is 0 Å². The number of hydrogen-bond acceptors (Lipinski definition) is 3. The molecular formula is C16H15ClN2O3. The number of anilines is 1. The zero-order valence-electron chi connectivity index (χ0n) is 11.9. The van der Waals surface area contributed by atoms with Gasteiger partial charge in [0.05, 0.1) is 18.7 Å². The predicted octanol–water partition coefficient (Wildman–Crippen LogP) is 2.72. The van der Waals surface area contributed by atoms with Crippen LogP contribution in [0.25, 0.3) is 0 Å². The van der Waals surface area contributed by atoms with Gasteiger partial charge in [-0.1, -0.05) is 29.8 Å². The molecule has 0 aliphatic rings. The first kappa shape index (κ1) is 15.9. The SMILES string of the molecule is COc1ccc(NC(=O)CNC(=O)c2ccccc2)cc1Cl. The molecule has 5 nitrogen and oxygen atoms in total. The average molecular weight is 319 g/mol. The molecule has 114 valence electrons. The Morgan fingerprint density at radius 1 is 1.14 bits per heavy atom. The van der Waals surface area contributed by atoms with Crippen molar-refractivity contribution in [3.05, 3.63) is 59.1 Å². The van der Waals surface area contributed by atoms with E-state index in [0.29, 0.717) is 22.0 Å². The van der Waals surface area contributed by atoms with E-state index in [-0.39, 0.29) is 18.4 Å². The van der Waals surface area contributed by atoms with Crippen molar-refractivity contribution in [3.8, 4) is 5.75 Å². The van der Waals surface area contributed by atoms with Gasteiger partial charge < -0.3 is 15.4 Å². The molecule has 2 aromatic carbocycles. The third kappa shape index (κ3) is 4.23. The first-order valence-corrected chi connectivity index (χ1v) is 6.94. The Kier molecular flexibility index (Phi) is 5.38. The molecule has 0 atom stereocenters. The standard InChI is InChI=1S/C16H15ClN2O3/c1-22-14-8-7-12(9-13(14)17)19-15(20)10-18-16(21)11-5-3-2-4-6-11/h2-9H,10H2,1H3,(H,18,21)(H,19,20). The minimum Gasteiger partial charge on any atom is -0.495 e. The number of rotatable bonds is 5. The maximum atomic E-state index is 11.8. The third-order valence-electron chi connectivity index (χ3n) is 2.88. The Bertz CT molecular complexity index is 674. The van der Waals surface area contributed by atoms with Gasteiger partial charge in [-0.2, -0.15) is 0 Å². The van der Waals surface area contributed by atoms with Crippen molar-refractivity contribution in [3.63, 3.8) is 0 Å². The van der Waals surface area contributed by atoms with Crippen molar-refractivity contribution in [1.82, 2.24) is 5.32 Å². The number of carbonyl (C=O) groups is 2. The minimum absolute atomic E-state index is 0.128. The lowest BCUT2D eigenvalue weighted by Crippen LogP contribution is -2.32. The van der Waals surface area contributed by atoms with Crippen molar-refractivity contribution >= 4 is 29.1 Å². The topological polar surface area (TPSA) is 67.4 Å². The van der Waals surface area contributed by atoms with Crippen LogP contribution in [0.3, 0.4) is 0 Å². The molecule has 0 saturated carbocycles. The molecule has 2 rings (SSSR count). The number of methoxy groups -OCH3 is 1. The molecule has 0 spiro atoms. The van der Waals surface area contributed by atoms with E-state index in [9.17, 15) is 9.59 Å². The highest BCUT2D eigenvalue weighted by atomic mass is 35.5. The number of nitrogens with one attached hydrogen (secondary N) is 2. The van der Waals surface area contributed by atoms with Crippen LogP contribution in [0.1, 0.15) is 10.4 Å². The zero-order valence-corrected chi connectivity index (χ0v) is 12.7. The van der Waals surface area contributed by atoms with Crippen LogP contribution < -0.4 is 15.4 Å². The van der Waals surface area contributed by atoms with Gasteiger partial charge in [-0.25, -0.2) is 0 Å². The minimum atomic E-state index is -0.342. The third-order valence-corrected chi connectivity index (χ3v) is 3.18. The zero-order chi connectivity index (χ0) is 15.9. The lowest BCUT2D eigenvalue weighted by molar-refractivity contribution is -0.115. The molecule has 0 unspecified atom stereocenters. The van der Waals surface area contributed by atoms with Gasteiger partial charge in [0.25, 0.3) is 5.91 Å². The maximum Gasteiger partial charge on any atom is 0.251 e. The molecule has 0 fully saturated rings. The smallest absolute Gasteiger partial charge is 0.251 e. The number of carbonyl (C=O) groups excluding carboxylic acids is 2. The lowest BCUT2D eigenvalue weighted by atomic mass is 10.2. The fraction of sp³-hybridized carbons (Fsp3) is 0.125.